The number of rotatable bonds is 10. The molecule has 3 heterocycles. The second-order valence-electron chi connectivity index (χ2n) is 5.70. The van der Waals surface area contributed by atoms with Gasteiger partial charge >= 0.3 is 0 Å². The maximum absolute atomic E-state index is 5.71. The van der Waals surface area contributed by atoms with Gasteiger partial charge in [0.1, 0.15) is 5.56 Å². The smallest absolute Gasteiger partial charge is 0.243 e. The van der Waals surface area contributed by atoms with Crippen molar-refractivity contribution in [1.82, 2.24) is 29.5 Å². The molecule has 144 valence electrons. The van der Waals surface area contributed by atoms with E-state index in [2.05, 4.69) is 24.8 Å². The first-order valence-corrected chi connectivity index (χ1v) is 9.90. The van der Waals surface area contributed by atoms with Gasteiger partial charge in [-0.1, -0.05) is 17.8 Å². The van der Waals surface area contributed by atoms with Gasteiger partial charge in [0, 0.05) is 31.8 Å². The van der Waals surface area contributed by atoms with Gasteiger partial charge < -0.3 is 9.47 Å². The van der Waals surface area contributed by atoms with E-state index >= 15 is 0 Å². The van der Waals surface area contributed by atoms with Gasteiger partial charge in [0.25, 0.3) is 0 Å². The number of hydrogen-bond acceptors (Lipinski definition) is 7. The summed E-state index contributed by atoms with van der Waals surface area (Å²) in [7, 11) is 1.69. The molecule has 9 heteroatoms. The molecule has 0 N–H and O–H groups in total. The minimum absolute atomic E-state index is 0.543. The third kappa shape index (κ3) is 4.67. The SMILES string of the molecule is CCOc1nn(CC)cc1-c1nnc(SCc2ccccn2)n1CCOC. The molecule has 3 rings (SSSR count). The summed E-state index contributed by atoms with van der Waals surface area (Å²) in [5, 5.41) is 14.1. The van der Waals surface area contributed by atoms with Crippen LogP contribution in [0.1, 0.15) is 19.5 Å². The Labute approximate surface area is 162 Å². The van der Waals surface area contributed by atoms with E-state index in [1.54, 1.807) is 25.1 Å². The predicted molar refractivity (Wildman–Crippen MR) is 104 cm³/mol. The van der Waals surface area contributed by atoms with Gasteiger partial charge in [-0.2, -0.15) is 0 Å². The fraction of sp³-hybridized carbons (Fsp3) is 0.444. The molecule has 0 fully saturated rings. The van der Waals surface area contributed by atoms with Crippen molar-refractivity contribution in [3.63, 3.8) is 0 Å². The molecule has 0 aromatic carbocycles. The first-order chi connectivity index (χ1) is 13.3. The summed E-state index contributed by atoms with van der Waals surface area (Å²) < 4.78 is 14.9. The number of hydrogen-bond donors (Lipinski definition) is 0. The van der Waals surface area contributed by atoms with Crippen molar-refractivity contribution in [2.24, 2.45) is 0 Å². The topological polar surface area (TPSA) is 79.9 Å². The zero-order valence-electron chi connectivity index (χ0n) is 15.8. The molecule has 0 atom stereocenters. The van der Waals surface area contributed by atoms with Crippen LogP contribution in [0, 0.1) is 0 Å². The van der Waals surface area contributed by atoms with E-state index < -0.39 is 0 Å². The fourth-order valence-corrected chi connectivity index (χ4v) is 3.44. The number of pyridine rings is 1. The molecule has 8 nitrogen and oxygen atoms in total. The van der Waals surface area contributed by atoms with Crippen LogP contribution in [0.15, 0.2) is 35.7 Å². The van der Waals surface area contributed by atoms with Gasteiger partial charge in [-0.05, 0) is 26.0 Å². The minimum Gasteiger partial charge on any atom is -0.476 e. The van der Waals surface area contributed by atoms with Gasteiger partial charge in [-0.15, -0.1) is 15.3 Å². The quantitative estimate of drug-likeness (QED) is 0.494. The molecular formula is C18H24N6O2S. The lowest BCUT2D eigenvalue weighted by molar-refractivity contribution is 0.185. The van der Waals surface area contributed by atoms with Crippen molar-refractivity contribution < 1.29 is 9.47 Å². The number of aromatic nitrogens is 6. The molecular weight excluding hydrogens is 364 g/mol. The van der Waals surface area contributed by atoms with Crippen LogP contribution in [0.3, 0.4) is 0 Å². The van der Waals surface area contributed by atoms with Crippen LogP contribution < -0.4 is 4.74 Å². The van der Waals surface area contributed by atoms with Gasteiger partial charge in [-0.25, -0.2) is 0 Å². The molecule has 0 unspecified atom stereocenters. The minimum atomic E-state index is 0.543. The maximum Gasteiger partial charge on any atom is 0.243 e. The summed E-state index contributed by atoms with van der Waals surface area (Å²) in [6.45, 7) is 6.49. The van der Waals surface area contributed by atoms with Crippen LogP contribution >= 0.6 is 11.8 Å². The van der Waals surface area contributed by atoms with Crippen LogP contribution in [0.5, 0.6) is 5.88 Å². The second kappa shape index (κ2) is 9.52. The normalized spacial score (nSPS) is 11.1. The average molecular weight is 388 g/mol. The second-order valence-corrected chi connectivity index (χ2v) is 6.64. The van der Waals surface area contributed by atoms with Gasteiger partial charge in [0.05, 0.1) is 25.5 Å². The molecule has 0 amide bonds. The molecule has 0 radical (unpaired) electrons. The lowest BCUT2D eigenvalue weighted by atomic mass is 10.3. The van der Waals surface area contributed by atoms with E-state index in [1.807, 2.05) is 42.9 Å². The molecule has 0 bridgehead atoms. The van der Waals surface area contributed by atoms with Crippen molar-refractivity contribution in [3.8, 4) is 17.3 Å². The van der Waals surface area contributed by atoms with Crippen LogP contribution in [0.25, 0.3) is 11.4 Å². The van der Waals surface area contributed by atoms with Crippen molar-refractivity contribution >= 4 is 11.8 Å². The fourth-order valence-electron chi connectivity index (χ4n) is 2.56. The molecule has 0 saturated carbocycles. The molecule has 0 saturated heterocycles. The Kier molecular flexibility index (Phi) is 6.83. The number of ether oxygens (including phenoxy) is 2. The number of nitrogens with zero attached hydrogens (tertiary/aromatic N) is 6. The van der Waals surface area contributed by atoms with E-state index in [-0.39, 0.29) is 0 Å². The third-order valence-corrected chi connectivity index (χ3v) is 4.89. The van der Waals surface area contributed by atoms with E-state index in [4.69, 9.17) is 9.47 Å². The standard InChI is InChI=1S/C18H24N6O2S/c1-4-23-12-15(17(22-23)26-5-2)16-20-21-18(24(16)10-11-25-3)27-13-14-8-6-7-9-19-14/h6-9,12H,4-5,10-11,13H2,1-3H3. The lowest BCUT2D eigenvalue weighted by Crippen LogP contribution is -2.08. The van der Waals surface area contributed by atoms with Crippen molar-refractivity contribution in [3.05, 3.63) is 36.3 Å². The van der Waals surface area contributed by atoms with Gasteiger partial charge in [0.2, 0.25) is 5.88 Å². The molecule has 3 aromatic rings. The van der Waals surface area contributed by atoms with Crippen molar-refractivity contribution in [1.29, 1.82) is 0 Å². The summed E-state index contributed by atoms with van der Waals surface area (Å²) in [4.78, 5) is 4.37. The number of methoxy groups -OCH3 is 1. The Morgan fingerprint density at radius 2 is 2.07 bits per heavy atom. The lowest BCUT2D eigenvalue weighted by Gasteiger charge is -2.09. The summed E-state index contributed by atoms with van der Waals surface area (Å²) in [5.41, 5.74) is 1.84. The molecule has 0 aliphatic heterocycles. The Morgan fingerprint density at radius 3 is 2.78 bits per heavy atom. The van der Waals surface area contributed by atoms with Crippen molar-refractivity contribution in [2.75, 3.05) is 20.3 Å². The Bertz CT molecular complexity index is 849. The number of aryl methyl sites for hydroxylation is 1. The van der Waals surface area contributed by atoms with E-state index in [0.29, 0.717) is 25.6 Å². The number of thioether (sulfide) groups is 1. The molecule has 0 aliphatic rings. The average Bonchev–Trinajstić information content (AvgIpc) is 3.29. The third-order valence-electron chi connectivity index (χ3n) is 3.88. The van der Waals surface area contributed by atoms with E-state index in [0.717, 1.165) is 34.5 Å². The summed E-state index contributed by atoms with van der Waals surface area (Å²) in [6.07, 6.45) is 3.75. The Balaban J connectivity index is 1.91. The summed E-state index contributed by atoms with van der Waals surface area (Å²) in [5.74, 6) is 2.03. The van der Waals surface area contributed by atoms with Crippen LogP contribution in [0.2, 0.25) is 0 Å². The predicted octanol–water partition coefficient (Wildman–Crippen LogP) is 2.89. The summed E-state index contributed by atoms with van der Waals surface area (Å²) >= 11 is 1.60. The van der Waals surface area contributed by atoms with Gasteiger partial charge in [-0.3, -0.25) is 14.2 Å². The van der Waals surface area contributed by atoms with E-state index in [9.17, 15) is 0 Å². The zero-order valence-corrected chi connectivity index (χ0v) is 16.6. The maximum atomic E-state index is 5.71. The largest absolute Gasteiger partial charge is 0.476 e. The molecule has 0 spiro atoms. The molecule has 3 aromatic heterocycles. The monoisotopic (exact) mass is 388 g/mol. The highest BCUT2D eigenvalue weighted by Gasteiger charge is 2.21. The first-order valence-electron chi connectivity index (χ1n) is 8.92. The Hall–Kier alpha value is -2.39. The Morgan fingerprint density at radius 1 is 1.19 bits per heavy atom. The highest BCUT2D eigenvalue weighted by molar-refractivity contribution is 7.98. The van der Waals surface area contributed by atoms with Gasteiger partial charge in [0.15, 0.2) is 11.0 Å². The molecule has 0 aliphatic carbocycles. The first kappa shape index (κ1) is 19.4. The highest BCUT2D eigenvalue weighted by Crippen LogP contribution is 2.31. The van der Waals surface area contributed by atoms with Crippen LogP contribution in [0.4, 0.5) is 0 Å². The van der Waals surface area contributed by atoms with Crippen LogP contribution in [-0.4, -0.2) is 49.9 Å². The molecule has 27 heavy (non-hydrogen) atoms. The highest BCUT2D eigenvalue weighted by atomic mass is 32.2. The zero-order chi connectivity index (χ0) is 19.1. The van der Waals surface area contributed by atoms with E-state index in [1.165, 1.54) is 0 Å². The van der Waals surface area contributed by atoms with Crippen molar-refractivity contribution in [2.45, 2.75) is 37.8 Å². The van der Waals surface area contributed by atoms with Crippen LogP contribution in [-0.2, 0) is 23.6 Å². The summed E-state index contributed by atoms with van der Waals surface area (Å²) in [6, 6.07) is 5.90.